The lowest BCUT2D eigenvalue weighted by Gasteiger charge is -1.96. The molecule has 0 radical (unpaired) electrons. The summed E-state index contributed by atoms with van der Waals surface area (Å²) in [5.41, 5.74) is 5.99. The Hall–Kier alpha value is -1.71. The molecule has 0 aliphatic heterocycles. The molecule has 1 aromatic heterocycles. The van der Waals surface area contributed by atoms with Crippen molar-refractivity contribution in [3.63, 3.8) is 0 Å². The van der Waals surface area contributed by atoms with E-state index >= 15 is 0 Å². The third kappa shape index (κ3) is 2.16. The molecule has 0 spiro atoms. The summed E-state index contributed by atoms with van der Waals surface area (Å²) >= 11 is 0. The van der Waals surface area contributed by atoms with E-state index in [9.17, 15) is 0 Å². The van der Waals surface area contributed by atoms with Crippen LogP contribution in [0.3, 0.4) is 0 Å². The molecule has 1 aromatic rings. The molecule has 4 heteroatoms. The molecule has 3 N–H and O–H groups in total. The van der Waals surface area contributed by atoms with E-state index in [1.54, 1.807) is 31.5 Å². The highest BCUT2D eigenvalue weighted by molar-refractivity contribution is 6.03. The van der Waals surface area contributed by atoms with Crippen molar-refractivity contribution >= 4 is 11.7 Å². The number of nitrogens with two attached hydrogens (primary N) is 1. The van der Waals surface area contributed by atoms with Crippen LogP contribution in [0.5, 0.6) is 0 Å². The molecule has 0 bridgehead atoms. The first-order valence-corrected chi connectivity index (χ1v) is 3.50. The first-order valence-electron chi connectivity index (χ1n) is 3.50. The molecule has 0 saturated carbocycles. The molecule has 0 fully saturated rings. The van der Waals surface area contributed by atoms with E-state index in [1.165, 1.54) is 0 Å². The van der Waals surface area contributed by atoms with Crippen molar-refractivity contribution in [3.8, 4) is 0 Å². The van der Waals surface area contributed by atoms with E-state index < -0.39 is 0 Å². The molecular weight excluding hydrogens is 152 g/mol. The van der Waals surface area contributed by atoms with Crippen LogP contribution in [0.1, 0.15) is 12.5 Å². The van der Waals surface area contributed by atoms with Crippen LogP contribution in [0.2, 0.25) is 0 Å². The lowest BCUT2D eigenvalue weighted by molar-refractivity contribution is 1.29. The maximum Gasteiger partial charge on any atom is 0.155 e. The van der Waals surface area contributed by atoms with E-state index in [0.717, 1.165) is 0 Å². The topological polar surface area (TPSA) is 75.1 Å². The van der Waals surface area contributed by atoms with E-state index in [4.69, 9.17) is 11.1 Å². The third-order valence-electron chi connectivity index (χ3n) is 1.22. The summed E-state index contributed by atoms with van der Waals surface area (Å²) in [7, 11) is 0. The normalized spacial score (nSPS) is 11.2. The van der Waals surface area contributed by atoms with Gasteiger partial charge in [0.2, 0.25) is 0 Å². The van der Waals surface area contributed by atoms with Crippen molar-refractivity contribution in [2.75, 3.05) is 0 Å². The number of hydrogen-bond donors (Lipinski definition) is 2. The molecular formula is C8H10N4. The molecule has 0 aromatic carbocycles. The summed E-state index contributed by atoms with van der Waals surface area (Å²) in [5.74, 6) is 0.520. The summed E-state index contributed by atoms with van der Waals surface area (Å²) in [6.45, 7) is 1.64. The van der Waals surface area contributed by atoms with Crippen LogP contribution in [0, 0.1) is 5.41 Å². The number of aliphatic imine (C=N–C) groups is 1. The van der Waals surface area contributed by atoms with Gasteiger partial charge in [0, 0.05) is 18.0 Å². The Balaban J connectivity index is 2.87. The predicted octanol–water partition coefficient (Wildman–Crippen LogP) is 0.784. The Bertz CT molecular complexity index is 298. The van der Waals surface area contributed by atoms with Crippen molar-refractivity contribution in [2.45, 2.75) is 6.92 Å². The fourth-order valence-electron chi connectivity index (χ4n) is 0.744. The van der Waals surface area contributed by atoms with Crippen molar-refractivity contribution in [1.82, 2.24) is 4.98 Å². The minimum atomic E-state index is 0.142. The number of rotatable bonds is 1. The molecule has 0 unspecified atom stereocenters. The van der Waals surface area contributed by atoms with Gasteiger partial charge >= 0.3 is 0 Å². The van der Waals surface area contributed by atoms with Gasteiger partial charge < -0.3 is 5.73 Å². The quantitative estimate of drug-likeness (QED) is 0.473. The van der Waals surface area contributed by atoms with Crippen molar-refractivity contribution < 1.29 is 0 Å². The van der Waals surface area contributed by atoms with Gasteiger partial charge in [-0.1, -0.05) is 0 Å². The maximum absolute atomic E-state index is 7.45. The van der Waals surface area contributed by atoms with Crippen LogP contribution in [0.4, 0.5) is 0 Å². The molecule has 0 saturated heterocycles. The highest BCUT2D eigenvalue weighted by Gasteiger charge is 1.97. The van der Waals surface area contributed by atoms with Crippen molar-refractivity contribution in [2.24, 2.45) is 10.7 Å². The fourth-order valence-corrected chi connectivity index (χ4v) is 0.744. The highest BCUT2D eigenvalue weighted by atomic mass is 14.9. The molecule has 0 aliphatic carbocycles. The lowest BCUT2D eigenvalue weighted by atomic mass is 10.3. The molecule has 0 atom stereocenters. The second-order valence-electron chi connectivity index (χ2n) is 2.34. The average molecular weight is 162 g/mol. The van der Waals surface area contributed by atoms with Gasteiger partial charge in [-0.3, -0.25) is 10.4 Å². The molecule has 0 amide bonds. The largest absolute Gasteiger partial charge is 0.387 e. The number of pyridine rings is 1. The first kappa shape index (κ1) is 8.39. The van der Waals surface area contributed by atoms with Gasteiger partial charge in [0.25, 0.3) is 0 Å². The lowest BCUT2D eigenvalue weighted by Crippen LogP contribution is -2.09. The summed E-state index contributed by atoms with van der Waals surface area (Å²) in [6, 6.07) is 3.52. The number of hydrogen-bond acceptors (Lipinski definition) is 2. The first-order chi connectivity index (χ1) is 5.70. The zero-order chi connectivity index (χ0) is 8.97. The van der Waals surface area contributed by atoms with Crippen LogP contribution in [0.25, 0.3) is 0 Å². The molecule has 1 rings (SSSR count). The minimum Gasteiger partial charge on any atom is -0.387 e. The van der Waals surface area contributed by atoms with Crippen LogP contribution >= 0.6 is 0 Å². The summed E-state index contributed by atoms with van der Waals surface area (Å²) in [5, 5.41) is 7.45. The van der Waals surface area contributed by atoms with E-state index in [1.807, 2.05) is 0 Å². The van der Waals surface area contributed by atoms with Crippen LogP contribution in [-0.2, 0) is 0 Å². The van der Waals surface area contributed by atoms with Crippen LogP contribution in [-0.4, -0.2) is 16.7 Å². The molecule has 0 aliphatic rings. The minimum absolute atomic E-state index is 0.142. The van der Waals surface area contributed by atoms with Crippen LogP contribution in [0.15, 0.2) is 29.5 Å². The van der Waals surface area contributed by atoms with E-state index in [-0.39, 0.29) is 5.84 Å². The summed E-state index contributed by atoms with van der Waals surface area (Å²) < 4.78 is 0. The smallest absolute Gasteiger partial charge is 0.155 e. The Kier molecular flexibility index (Phi) is 2.53. The Morgan fingerprint density at radius 1 is 1.67 bits per heavy atom. The number of nitrogens with one attached hydrogen (secondary N) is 1. The second kappa shape index (κ2) is 3.61. The number of aromatic nitrogens is 1. The van der Waals surface area contributed by atoms with Crippen LogP contribution < -0.4 is 5.73 Å². The second-order valence-corrected chi connectivity index (χ2v) is 2.34. The number of nitrogens with zero attached hydrogens (tertiary/aromatic N) is 2. The average Bonchev–Trinajstić information content (AvgIpc) is 2.05. The van der Waals surface area contributed by atoms with Gasteiger partial charge in [0.15, 0.2) is 5.84 Å². The number of amidine groups is 2. The molecule has 12 heavy (non-hydrogen) atoms. The zero-order valence-electron chi connectivity index (χ0n) is 6.78. The maximum atomic E-state index is 7.45. The summed E-state index contributed by atoms with van der Waals surface area (Å²) in [4.78, 5) is 7.65. The molecule has 4 nitrogen and oxygen atoms in total. The standard InChI is InChI=1S/C8H10N4/c1-6(9)12-8(10)7-3-2-4-11-5-7/h2-5H,1H3,(H3,9,10,12). The highest BCUT2D eigenvalue weighted by Crippen LogP contribution is 1.97. The van der Waals surface area contributed by atoms with Gasteiger partial charge in [-0.15, -0.1) is 0 Å². The monoisotopic (exact) mass is 162 g/mol. The zero-order valence-corrected chi connectivity index (χ0v) is 6.78. The SMILES string of the molecule is C/C(N)=N\C(=N)c1cccnc1. The van der Waals surface area contributed by atoms with Gasteiger partial charge in [0.1, 0.15) is 0 Å². The summed E-state index contributed by atoms with van der Waals surface area (Å²) in [6.07, 6.45) is 3.23. The Labute approximate surface area is 70.7 Å². The van der Waals surface area contributed by atoms with Crippen molar-refractivity contribution in [1.29, 1.82) is 5.41 Å². The molecule has 62 valence electrons. The fraction of sp³-hybridized carbons (Fsp3) is 0.125. The van der Waals surface area contributed by atoms with Gasteiger partial charge in [-0.25, -0.2) is 4.99 Å². The van der Waals surface area contributed by atoms with E-state index in [2.05, 4.69) is 9.98 Å². The van der Waals surface area contributed by atoms with E-state index in [0.29, 0.717) is 11.4 Å². The Morgan fingerprint density at radius 3 is 2.92 bits per heavy atom. The van der Waals surface area contributed by atoms with Gasteiger partial charge in [-0.05, 0) is 19.1 Å². The van der Waals surface area contributed by atoms with Crippen molar-refractivity contribution in [3.05, 3.63) is 30.1 Å². The molecule has 1 heterocycles. The van der Waals surface area contributed by atoms with Gasteiger partial charge in [-0.2, -0.15) is 0 Å². The third-order valence-corrected chi connectivity index (χ3v) is 1.22. The predicted molar refractivity (Wildman–Crippen MR) is 48.4 cm³/mol. The van der Waals surface area contributed by atoms with Gasteiger partial charge in [0.05, 0.1) is 5.84 Å². The Morgan fingerprint density at radius 2 is 2.42 bits per heavy atom.